The molecule has 0 amide bonds. The van der Waals surface area contributed by atoms with Gasteiger partial charge in [0.25, 0.3) is 0 Å². The molecule has 0 aliphatic heterocycles. The van der Waals surface area contributed by atoms with E-state index in [4.69, 9.17) is 28.5 Å². The molecule has 0 saturated carbocycles. The largest absolute Gasteiger partial charge is 0.294 e. The minimum absolute atomic E-state index is 0.265. The lowest BCUT2D eigenvalue weighted by molar-refractivity contribution is 0.981. The lowest BCUT2D eigenvalue weighted by Crippen LogP contribution is -2.01. The monoisotopic (exact) mass is 315 g/mol. The third kappa shape index (κ3) is 2.37. The summed E-state index contributed by atoms with van der Waals surface area (Å²) >= 11 is 12.3. The number of aryl methyl sites for hydroxylation is 1. The van der Waals surface area contributed by atoms with Gasteiger partial charge in [0.05, 0.1) is 39.3 Å². The van der Waals surface area contributed by atoms with Crippen molar-refractivity contribution < 1.29 is 0 Å². The first kappa shape index (κ1) is 13.9. The second-order valence-corrected chi connectivity index (χ2v) is 5.44. The number of hydrogen-bond donors (Lipinski definition) is 0. The first-order valence-electron chi connectivity index (χ1n) is 6.38. The normalized spacial score (nSPS) is 10.8. The first-order chi connectivity index (χ1) is 10.1. The van der Waals surface area contributed by atoms with Crippen molar-refractivity contribution in [2.45, 2.75) is 12.8 Å². The van der Waals surface area contributed by atoms with Gasteiger partial charge in [0.2, 0.25) is 0 Å². The van der Waals surface area contributed by atoms with Gasteiger partial charge >= 0.3 is 0 Å². The second-order valence-electron chi connectivity index (χ2n) is 4.77. The molecule has 3 nitrogen and oxygen atoms in total. The molecule has 0 unspecified atom stereocenters. The highest BCUT2D eigenvalue weighted by Crippen LogP contribution is 2.29. The number of nitrogens with zero attached hydrogens (tertiary/aromatic N) is 3. The molecule has 1 aromatic heterocycles. The molecule has 0 aliphatic carbocycles. The Morgan fingerprint density at radius 2 is 2.05 bits per heavy atom. The quantitative estimate of drug-likeness (QED) is 0.648. The summed E-state index contributed by atoms with van der Waals surface area (Å²) < 4.78 is 1.92. The number of aromatic nitrogens is 2. The summed E-state index contributed by atoms with van der Waals surface area (Å²) in [7, 11) is 0. The number of rotatable bonds is 2. The smallest absolute Gasteiger partial charge is 0.129 e. The number of hydrogen-bond acceptors (Lipinski definition) is 2. The standard InChI is InChI=1S/C16H11Cl2N3/c1-10-2-5-13-15(6-10)21(16(8-17)20-13)14-7-11(9-19)3-4-12(14)18/h2-7H,8H2,1H3. The summed E-state index contributed by atoms with van der Waals surface area (Å²) in [5.41, 5.74) is 4.18. The van der Waals surface area contributed by atoms with Crippen LogP contribution in [0.2, 0.25) is 5.02 Å². The van der Waals surface area contributed by atoms with Crippen molar-refractivity contribution in [2.75, 3.05) is 0 Å². The molecule has 0 fully saturated rings. The van der Waals surface area contributed by atoms with Gasteiger partial charge in [-0.1, -0.05) is 17.7 Å². The predicted octanol–water partition coefficient (Wildman–Crippen LogP) is 4.60. The minimum atomic E-state index is 0.265. The Morgan fingerprint density at radius 3 is 2.76 bits per heavy atom. The summed E-state index contributed by atoms with van der Waals surface area (Å²) in [4.78, 5) is 4.53. The summed E-state index contributed by atoms with van der Waals surface area (Å²) in [5.74, 6) is 0.968. The van der Waals surface area contributed by atoms with Gasteiger partial charge in [0.15, 0.2) is 0 Å². The van der Waals surface area contributed by atoms with Crippen molar-refractivity contribution in [2.24, 2.45) is 0 Å². The van der Waals surface area contributed by atoms with Gasteiger partial charge in [0.1, 0.15) is 5.82 Å². The van der Waals surface area contributed by atoms with Crippen molar-refractivity contribution in [1.29, 1.82) is 5.26 Å². The molecule has 0 spiro atoms. The van der Waals surface area contributed by atoms with E-state index in [9.17, 15) is 0 Å². The van der Waals surface area contributed by atoms with Crippen molar-refractivity contribution in [3.63, 3.8) is 0 Å². The molecule has 0 bridgehead atoms. The number of nitriles is 1. The van der Waals surface area contributed by atoms with E-state index in [1.165, 1.54) is 0 Å². The van der Waals surface area contributed by atoms with Crippen LogP contribution in [0.15, 0.2) is 36.4 Å². The van der Waals surface area contributed by atoms with Gasteiger partial charge in [-0.25, -0.2) is 4.98 Å². The van der Waals surface area contributed by atoms with E-state index >= 15 is 0 Å². The zero-order valence-electron chi connectivity index (χ0n) is 11.3. The van der Waals surface area contributed by atoms with E-state index in [0.29, 0.717) is 16.4 Å². The summed E-state index contributed by atoms with van der Waals surface area (Å²) in [6.07, 6.45) is 0. The Labute approximate surface area is 132 Å². The van der Waals surface area contributed by atoms with Crippen molar-refractivity contribution in [1.82, 2.24) is 9.55 Å². The van der Waals surface area contributed by atoms with Crippen LogP contribution < -0.4 is 0 Å². The molecule has 5 heteroatoms. The van der Waals surface area contributed by atoms with E-state index < -0.39 is 0 Å². The Kier molecular flexibility index (Phi) is 3.59. The lowest BCUT2D eigenvalue weighted by Gasteiger charge is -2.10. The molecule has 1 heterocycles. The molecular weight excluding hydrogens is 305 g/mol. The number of imidazole rings is 1. The molecule has 3 rings (SSSR count). The molecule has 21 heavy (non-hydrogen) atoms. The number of benzene rings is 2. The van der Waals surface area contributed by atoms with Crippen LogP contribution in [-0.4, -0.2) is 9.55 Å². The van der Waals surface area contributed by atoms with Crippen LogP contribution in [0.5, 0.6) is 0 Å². The minimum Gasteiger partial charge on any atom is -0.294 e. The molecule has 2 aromatic carbocycles. The molecule has 0 saturated heterocycles. The van der Waals surface area contributed by atoms with E-state index in [0.717, 1.165) is 22.3 Å². The fraction of sp³-hybridized carbons (Fsp3) is 0.125. The van der Waals surface area contributed by atoms with Crippen LogP contribution in [0.4, 0.5) is 0 Å². The van der Waals surface area contributed by atoms with E-state index in [1.54, 1.807) is 18.2 Å². The Balaban J connectivity index is 2.38. The predicted molar refractivity (Wildman–Crippen MR) is 85.1 cm³/mol. The maximum atomic E-state index is 9.09. The Morgan fingerprint density at radius 1 is 1.24 bits per heavy atom. The molecule has 0 radical (unpaired) electrons. The third-order valence-electron chi connectivity index (χ3n) is 3.32. The van der Waals surface area contributed by atoms with Crippen LogP contribution in [-0.2, 0) is 5.88 Å². The summed E-state index contributed by atoms with van der Waals surface area (Å²) in [6.45, 7) is 2.02. The second kappa shape index (κ2) is 5.40. The summed E-state index contributed by atoms with van der Waals surface area (Å²) in [5, 5.41) is 9.65. The van der Waals surface area contributed by atoms with Crippen LogP contribution >= 0.6 is 23.2 Å². The molecule has 0 atom stereocenters. The summed E-state index contributed by atoms with van der Waals surface area (Å²) in [6, 6.07) is 13.3. The molecule has 3 aromatic rings. The van der Waals surface area contributed by atoms with Crippen molar-refractivity contribution in [3.8, 4) is 11.8 Å². The highest BCUT2D eigenvalue weighted by Gasteiger charge is 2.14. The molecule has 0 aliphatic rings. The number of halogens is 2. The van der Waals surface area contributed by atoms with Crippen LogP contribution in [0, 0.1) is 18.3 Å². The van der Waals surface area contributed by atoms with Crippen molar-refractivity contribution >= 4 is 34.2 Å². The first-order valence-corrected chi connectivity index (χ1v) is 7.29. The van der Waals surface area contributed by atoms with E-state index in [-0.39, 0.29) is 5.88 Å². The highest BCUT2D eigenvalue weighted by atomic mass is 35.5. The SMILES string of the molecule is Cc1ccc2nc(CCl)n(-c3cc(C#N)ccc3Cl)c2c1. The van der Waals surface area contributed by atoms with E-state index in [1.807, 2.05) is 29.7 Å². The zero-order valence-corrected chi connectivity index (χ0v) is 12.8. The third-order valence-corrected chi connectivity index (χ3v) is 3.87. The van der Waals surface area contributed by atoms with Gasteiger partial charge in [-0.2, -0.15) is 5.26 Å². The molecule has 0 N–H and O–H groups in total. The van der Waals surface area contributed by atoms with E-state index in [2.05, 4.69) is 11.1 Å². The van der Waals surface area contributed by atoms with Gasteiger partial charge in [0, 0.05) is 0 Å². The number of alkyl halides is 1. The van der Waals surface area contributed by atoms with Gasteiger partial charge in [-0.15, -0.1) is 11.6 Å². The number of fused-ring (bicyclic) bond motifs is 1. The van der Waals surface area contributed by atoms with Gasteiger partial charge in [-0.3, -0.25) is 4.57 Å². The maximum absolute atomic E-state index is 9.09. The van der Waals surface area contributed by atoms with Crippen molar-refractivity contribution in [3.05, 3.63) is 58.4 Å². The fourth-order valence-electron chi connectivity index (χ4n) is 2.35. The topological polar surface area (TPSA) is 41.6 Å². The molecular formula is C16H11Cl2N3. The van der Waals surface area contributed by atoms with Gasteiger partial charge < -0.3 is 0 Å². The van der Waals surface area contributed by atoms with Gasteiger partial charge in [-0.05, 0) is 42.8 Å². The van der Waals surface area contributed by atoms with Crippen LogP contribution in [0.1, 0.15) is 17.0 Å². The van der Waals surface area contributed by atoms with Crippen LogP contribution in [0.3, 0.4) is 0 Å². The van der Waals surface area contributed by atoms with Crippen LogP contribution in [0.25, 0.3) is 16.7 Å². The average Bonchev–Trinajstić information content (AvgIpc) is 2.85. The Hall–Kier alpha value is -2.02. The highest BCUT2D eigenvalue weighted by molar-refractivity contribution is 6.32. The average molecular weight is 316 g/mol. The Bertz CT molecular complexity index is 875. The zero-order chi connectivity index (χ0) is 15.0. The fourth-order valence-corrected chi connectivity index (χ4v) is 2.73. The lowest BCUT2D eigenvalue weighted by atomic mass is 10.2. The molecule has 104 valence electrons. The maximum Gasteiger partial charge on any atom is 0.129 e.